The second-order valence-electron chi connectivity index (χ2n) is 7.65. The molecule has 0 saturated carbocycles. The number of benzene rings is 3. The number of amides is 1. The van der Waals surface area contributed by atoms with Crippen molar-refractivity contribution in [1.29, 1.82) is 0 Å². The third-order valence-electron chi connectivity index (χ3n) is 6.04. The molecule has 1 aliphatic carbocycles. The number of carbonyl (C=O) groups is 1. The Hall–Kier alpha value is -3.07. The molecule has 1 saturated heterocycles. The van der Waals surface area contributed by atoms with E-state index in [-0.39, 0.29) is 12.1 Å². The fourth-order valence-electron chi connectivity index (χ4n) is 4.72. The summed E-state index contributed by atoms with van der Waals surface area (Å²) in [6, 6.07) is 27.0. The normalized spacial score (nSPS) is 19.9. The van der Waals surface area contributed by atoms with Crippen molar-refractivity contribution in [2.45, 2.75) is 31.4 Å². The van der Waals surface area contributed by atoms with Crippen LogP contribution in [0.2, 0.25) is 0 Å². The van der Waals surface area contributed by atoms with Crippen molar-refractivity contribution in [2.24, 2.45) is 0 Å². The first-order valence-electron chi connectivity index (χ1n) is 9.97. The largest absolute Gasteiger partial charge is 0.445 e. The number of hydrogen-bond acceptors (Lipinski definition) is 2. The zero-order valence-corrected chi connectivity index (χ0v) is 15.8. The Morgan fingerprint density at radius 1 is 0.929 bits per heavy atom. The van der Waals surface area contributed by atoms with Crippen LogP contribution in [0.3, 0.4) is 0 Å². The second-order valence-corrected chi connectivity index (χ2v) is 7.65. The van der Waals surface area contributed by atoms with E-state index in [9.17, 15) is 4.79 Å². The molecule has 1 aliphatic heterocycles. The predicted molar refractivity (Wildman–Crippen MR) is 110 cm³/mol. The van der Waals surface area contributed by atoms with Gasteiger partial charge < -0.3 is 9.64 Å². The van der Waals surface area contributed by atoms with Gasteiger partial charge in [0.2, 0.25) is 0 Å². The van der Waals surface area contributed by atoms with Crippen LogP contribution in [-0.4, -0.2) is 17.5 Å². The van der Waals surface area contributed by atoms with Crippen LogP contribution in [0.5, 0.6) is 0 Å². The van der Waals surface area contributed by atoms with Gasteiger partial charge in [0.1, 0.15) is 6.61 Å². The van der Waals surface area contributed by atoms with E-state index in [0.717, 1.165) is 24.9 Å². The van der Waals surface area contributed by atoms with Crippen LogP contribution in [0.4, 0.5) is 4.79 Å². The van der Waals surface area contributed by atoms with Gasteiger partial charge in [0.25, 0.3) is 0 Å². The number of hydrogen-bond donors (Lipinski definition) is 0. The van der Waals surface area contributed by atoms with Crippen LogP contribution in [0.15, 0.2) is 78.9 Å². The van der Waals surface area contributed by atoms with Crippen molar-refractivity contribution < 1.29 is 9.53 Å². The highest BCUT2D eigenvalue weighted by Crippen LogP contribution is 2.52. The van der Waals surface area contributed by atoms with Gasteiger partial charge in [-0.25, -0.2) is 4.79 Å². The SMILES string of the molecule is O=C(OCc1ccccc1)N1CCC2CC1c1c(-c3ccccc3)cccc12. The van der Waals surface area contributed by atoms with Crippen molar-refractivity contribution >= 4 is 6.09 Å². The van der Waals surface area contributed by atoms with Gasteiger partial charge in [-0.05, 0) is 46.6 Å². The average molecular weight is 369 g/mol. The lowest BCUT2D eigenvalue weighted by Crippen LogP contribution is -2.38. The zero-order valence-electron chi connectivity index (χ0n) is 15.8. The molecule has 5 rings (SSSR count). The van der Waals surface area contributed by atoms with E-state index in [1.807, 2.05) is 41.3 Å². The molecule has 1 heterocycles. The minimum absolute atomic E-state index is 0.105. The highest BCUT2D eigenvalue weighted by atomic mass is 16.6. The Balaban J connectivity index is 1.43. The van der Waals surface area contributed by atoms with Gasteiger partial charge in [-0.15, -0.1) is 0 Å². The van der Waals surface area contributed by atoms with Crippen molar-refractivity contribution in [3.63, 3.8) is 0 Å². The molecule has 3 nitrogen and oxygen atoms in total. The van der Waals surface area contributed by atoms with Crippen LogP contribution in [0, 0.1) is 0 Å². The number of ether oxygens (including phenoxy) is 1. The number of nitrogens with zero attached hydrogens (tertiary/aromatic N) is 1. The molecule has 2 bridgehead atoms. The van der Waals surface area contributed by atoms with Gasteiger partial charge >= 0.3 is 6.09 Å². The summed E-state index contributed by atoms with van der Waals surface area (Å²) in [4.78, 5) is 14.9. The smallest absolute Gasteiger partial charge is 0.410 e. The van der Waals surface area contributed by atoms with Crippen LogP contribution < -0.4 is 0 Å². The molecule has 0 N–H and O–H groups in total. The molecule has 2 unspecified atom stereocenters. The number of carbonyl (C=O) groups excluding carboxylic acids is 1. The Kier molecular flexibility index (Phi) is 4.36. The molecule has 1 amide bonds. The van der Waals surface area contributed by atoms with Gasteiger partial charge in [-0.2, -0.15) is 0 Å². The third kappa shape index (κ3) is 2.97. The summed E-state index contributed by atoms with van der Waals surface area (Å²) in [6.07, 6.45) is 1.80. The van der Waals surface area contributed by atoms with E-state index in [1.165, 1.54) is 22.3 Å². The third-order valence-corrected chi connectivity index (χ3v) is 6.04. The number of fused-ring (bicyclic) bond motifs is 5. The zero-order chi connectivity index (χ0) is 18.9. The fourth-order valence-corrected chi connectivity index (χ4v) is 4.72. The number of likely N-dealkylation sites (tertiary alicyclic amines) is 1. The summed E-state index contributed by atoms with van der Waals surface area (Å²) in [5.74, 6) is 0.543. The first-order valence-corrected chi connectivity index (χ1v) is 9.97. The van der Waals surface area contributed by atoms with Crippen molar-refractivity contribution in [3.05, 3.63) is 95.6 Å². The molecule has 140 valence electrons. The summed E-state index contributed by atoms with van der Waals surface area (Å²) < 4.78 is 5.67. The van der Waals surface area contributed by atoms with E-state index in [1.54, 1.807) is 0 Å². The first-order chi connectivity index (χ1) is 13.8. The standard InChI is InChI=1S/C25H23NO2/c27-25(28-17-18-8-3-1-4-9-18)26-15-14-20-16-23(26)24-21(12-7-13-22(20)24)19-10-5-2-6-11-19/h1-13,20,23H,14-17H2. The molecule has 3 heteroatoms. The Bertz CT molecular complexity index is 984. The lowest BCUT2D eigenvalue weighted by atomic mass is 9.94. The van der Waals surface area contributed by atoms with Crippen molar-refractivity contribution in [1.82, 2.24) is 4.90 Å². The maximum atomic E-state index is 12.9. The summed E-state index contributed by atoms with van der Waals surface area (Å²) in [5.41, 5.74) is 6.19. The number of piperidine rings is 1. The summed E-state index contributed by atoms with van der Waals surface area (Å²) in [6.45, 7) is 1.07. The second kappa shape index (κ2) is 7.16. The van der Waals surface area contributed by atoms with Gasteiger partial charge in [0, 0.05) is 6.54 Å². The maximum absolute atomic E-state index is 12.9. The van der Waals surface area contributed by atoms with Crippen molar-refractivity contribution in [2.75, 3.05) is 6.54 Å². The minimum atomic E-state index is -0.206. The number of rotatable bonds is 3. The van der Waals surface area contributed by atoms with Crippen LogP contribution >= 0.6 is 0 Å². The Morgan fingerprint density at radius 2 is 1.68 bits per heavy atom. The van der Waals surface area contributed by atoms with Crippen LogP contribution in [-0.2, 0) is 11.3 Å². The molecule has 0 radical (unpaired) electrons. The summed E-state index contributed by atoms with van der Waals surface area (Å²) in [5, 5.41) is 0. The van der Waals surface area contributed by atoms with Gasteiger partial charge in [-0.3, -0.25) is 0 Å². The lowest BCUT2D eigenvalue weighted by Gasteiger charge is -2.33. The topological polar surface area (TPSA) is 29.5 Å². The van der Waals surface area contributed by atoms with Gasteiger partial charge in [-0.1, -0.05) is 78.9 Å². The summed E-state index contributed by atoms with van der Waals surface area (Å²) in [7, 11) is 0. The van der Waals surface area contributed by atoms with E-state index in [2.05, 4.69) is 42.5 Å². The van der Waals surface area contributed by atoms with E-state index >= 15 is 0 Å². The van der Waals surface area contributed by atoms with Crippen molar-refractivity contribution in [3.8, 4) is 11.1 Å². The average Bonchev–Trinajstić information content (AvgIpc) is 3.05. The van der Waals surface area contributed by atoms with Gasteiger partial charge in [0.15, 0.2) is 0 Å². The molecule has 1 fully saturated rings. The lowest BCUT2D eigenvalue weighted by molar-refractivity contribution is 0.0695. The highest BCUT2D eigenvalue weighted by Gasteiger charge is 2.42. The molecule has 2 aliphatic rings. The molecule has 3 aromatic rings. The molecule has 0 spiro atoms. The molecule has 2 atom stereocenters. The molecule has 3 aromatic carbocycles. The quantitative estimate of drug-likeness (QED) is 0.573. The van der Waals surface area contributed by atoms with E-state index in [4.69, 9.17) is 4.74 Å². The van der Waals surface area contributed by atoms with E-state index in [0.29, 0.717) is 12.5 Å². The van der Waals surface area contributed by atoms with E-state index < -0.39 is 0 Å². The van der Waals surface area contributed by atoms with Gasteiger partial charge in [0.05, 0.1) is 6.04 Å². The Labute approximate surface area is 165 Å². The first kappa shape index (κ1) is 17.1. The fraction of sp³-hybridized carbons (Fsp3) is 0.240. The monoisotopic (exact) mass is 369 g/mol. The molecular weight excluding hydrogens is 346 g/mol. The Morgan fingerprint density at radius 3 is 2.46 bits per heavy atom. The highest BCUT2D eigenvalue weighted by molar-refractivity contribution is 5.74. The maximum Gasteiger partial charge on any atom is 0.410 e. The molecular formula is C25H23NO2. The molecule has 0 aromatic heterocycles. The predicted octanol–water partition coefficient (Wildman–Crippen LogP) is 5.92. The minimum Gasteiger partial charge on any atom is -0.445 e. The summed E-state index contributed by atoms with van der Waals surface area (Å²) >= 11 is 0. The van der Waals surface area contributed by atoms with Crippen LogP contribution in [0.1, 0.15) is 41.5 Å². The van der Waals surface area contributed by atoms with Crippen LogP contribution in [0.25, 0.3) is 11.1 Å². The molecule has 28 heavy (non-hydrogen) atoms.